The highest BCUT2D eigenvalue weighted by molar-refractivity contribution is 5.69. The van der Waals surface area contributed by atoms with Crippen LogP contribution in [0.3, 0.4) is 0 Å². The second-order valence-electron chi connectivity index (χ2n) is 5.41. The molecule has 1 aliphatic heterocycles. The molecule has 0 bridgehead atoms. The normalized spacial score (nSPS) is 13.1. The molecule has 1 aromatic heterocycles. The molecule has 2 aromatic rings. The molecule has 0 radical (unpaired) electrons. The summed E-state index contributed by atoms with van der Waals surface area (Å²) in [6.07, 6.45) is 7.01. The fourth-order valence-electron chi connectivity index (χ4n) is 2.47. The summed E-state index contributed by atoms with van der Waals surface area (Å²) in [5, 5.41) is 3.07. The van der Waals surface area contributed by atoms with Gasteiger partial charge in [-0.2, -0.15) is 4.98 Å². The first-order valence-electron chi connectivity index (χ1n) is 7.49. The Morgan fingerprint density at radius 1 is 1.36 bits per heavy atom. The molecule has 0 saturated heterocycles. The summed E-state index contributed by atoms with van der Waals surface area (Å²) in [6, 6.07) is 5.02. The number of halogens is 1. The molecule has 114 valence electrons. The van der Waals surface area contributed by atoms with Crippen LogP contribution in [0, 0.1) is 12.7 Å². The summed E-state index contributed by atoms with van der Waals surface area (Å²) in [5.41, 5.74) is 2.29. The average molecular weight is 298 g/mol. The van der Waals surface area contributed by atoms with Gasteiger partial charge in [-0.3, -0.25) is 0 Å². The van der Waals surface area contributed by atoms with Crippen LogP contribution in [0.25, 0.3) is 6.08 Å². The smallest absolute Gasteiger partial charge is 0.229 e. The largest absolute Gasteiger partial charge is 0.352 e. The third-order valence-electron chi connectivity index (χ3n) is 3.64. The number of fused-ring (bicyclic) bond motifs is 1. The van der Waals surface area contributed by atoms with Gasteiger partial charge in [0.1, 0.15) is 11.6 Å². The lowest BCUT2D eigenvalue weighted by molar-refractivity contribution is 0.619. The van der Waals surface area contributed by atoms with E-state index in [1.54, 1.807) is 19.2 Å². The molecule has 2 heterocycles. The van der Waals surface area contributed by atoms with Crippen molar-refractivity contribution in [2.24, 2.45) is 0 Å². The lowest BCUT2D eigenvalue weighted by Crippen LogP contribution is -2.28. The Bertz CT molecular complexity index is 712. The van der Waals surface area contributed by atoms with Crippen LogP contribution in [-0.2, 0) is 0 Å². The van der Waals surface area contributed by atoms with Crippen LogP contribution in [0.1, 0.15) is 24.5 Å². The van der Waals surface area contributed by atoms with Gasteiger partial charge in [-0.15, -0.1) is 0 Å². The number of nitrogens with zero attached hydrogens (tertiary/aromatic N) is 3. The van der Waals surface area contributed by atoms with Gasteiger partial charge in [0, 0.05) is 30.5 Å². The van der Waals surface area contributed by atoms with E-state index in [4.69, 9.17) is 0 Å². The molecule has 5 heteroatoms. The van der Waals surface area contributed by atoms with Gasteiger partial charge in [0.05, 0.1) is 0 Å². The van der Waals surface area contributed by atoms with Crippen LogP contribution < -0.4 is 10.2 Å². The maximum atomic E-state index is 13.6. The van der Waals surface area contributed by atoms with Gasteiger partial charge in [0.25, 0.3) is 0 Å². The van der Waals surface area contributed by atoms with Gasteiger partial charge in [-0.05, 0) is 31.0 Å². The molecule has 22 heavy (non-hydrogen) atoms. The molecule has 0 saturated carbocycles. The van der Waals surface area contributed by atoms with Crippen LogP contribution in [0.2, 0.25) is 0 Å². The van der Waals surface area contributed by atoms with E-state index in [2.05, 4.69) is 33.2 Å². The topological polar surface area (TPSA) is 41.1 Å². The molecule has 0 aliphatic carbocycles. The first-order valence-corrected chi connectivity index (χ1v) is 7.49. The van der Waals surface area contributed by atoms with Gasteiger partial charge >= 0.3 is 0 Å². The van der Waals surface area contributed by atoms with Crippen LogP contribution in [0.15, 0.2) is 30.5 Å². The molecule has 0 amide bonds. The predicted octanol–water partition coefficient (Wildman–Crippen LogP) is 3.91. The van der Waals surface area contributed by atoms with E-state index in [0.29, 0.717) is 17.2 Å². The molecular formula is C17H19FN4. The number of rotatable bonds is 4. The third kappa shape index (κ3) is 2.93. The highest BCUT2D eigenvalue weighted by atomic mass is 19.1. The second kappa shape index (κ2) is 6.13. The summed E-state index contributed by atoms with van der Waals surface area (Å²) >= 11 is 0. The Balaban J connectivity index is 1.87. The van der Waals surface area contributed by atoms with Crippen molar-refractivity contribution < 1.29 is 4.39 Å². The fraction of sp³-hybridized carbons (Fsp3) is 0.294. The molecule has 0 spiro atoms. The summed E-state index contributed by atoms with van der Waals surface area (Å²) in [7, 11) is 0. The van der Waals surface area contributed by atoms with E-state index in [1.165, 1.54) is 6.07 Å². The average Bonchev–Trinajstić information content (AvgIpc) is 2.52. The molecule has 1 N–H and O–H groups in total. The maximum Gasteiger partial charge on any atom is 0.229 e. The quantitative estimate of drug-likeness (QED) is 0.929. The summed E-state index contributed by atoms with van der Waals surface area (Å²) in [6.45, 7) is 5.69. The number of hydrogen-bond donors (Lipinski definition) is 1. The van der Waals surface area contributed by atoms with Crippen molar-refractivity contribution in [1.29, 1.82) is 0 Å². The Morgan fingerprint density at radius 3 is 3.00 bits per heavy atom. The monoisotopic (exact) mass is 298 g/mol. The molecule has 3 rings (SSSR count). The van der Waals surface area contributed by atoms with Gasteiger partial charge in [0.15, 0.2) is 0 Å². The van der Waals surface area contributed by atoms with Crippen molar-refractivity contribution in [3.63, 3.8) is 0 Å². The first kappa shape index (κ1) is 14.5. The first-order chi connectivity index (χ1) is 10.7. The highest BCUT2D eigenvalue weighted by Gasteiger charge is 2.15. The molecular weight excluding hydrogens is 279 g/mol. The SMILES string of the molecule is CCCN1CC=Cc2cnc(Nc3ccc(C)c(F)c3)nc21. The van der Waals surface area contributed by atoms with E-state index in [9.17, 15) is 4.39 Å². The van der Waals surface area contributed by atoms with Crippen molar-refractivity contribution >= 4 is 23.5 Å². The lowest BCUT2D eigenvalue weighted by atomic mass is 10.2. The third-order valence-corrected chi connectivity index (χ3v) is 3.64. The lowest BCUT2D eigenvalue weighted by Gasteiger charge is -2.26. The van der Waals surface area contributed by atoms with Crippen molar-refractivity contribution in [2.45, 2.75) is 20.3 Å². The van der Waals surface area contributed by atoms with E-state index in [1.807, 2.05) is 12.1 Å². The molecule has 4 nitrogen and oxygen atoms in total. The predicted molar refractivity (Wildman–Crippen MR) is 88.0 cm³/mol. The van der Waals surface area contributed by atoms with Crippen molar-refractivity contribution in [2.75, 3.05) is 23.3 Å². The van der Waals surface area contributed by atoms with E-state index in [0.717, 1.165) is 30.9 Å². The number of anilines is 3. The number of benzene rings is 1. The summed E-state index contributed by atoms with van der Waals surface area (Å²) in [5.74, 6) is 1.17. The zero-order valence-corrected chi connectivity index (χ0v) is 12.8. The zero-order valence-electron chi connectivity index (χ0n) is 12.8. The number of aryl methyl sites for hydroxylation is 1. The van der Waals surface area contributed by atoms with E-state index >= 15 is 0 Å². The van der Waals surface area contributed by atoms with Crippen molar-refractivity contribution in [3.05, 3.63) is 47.4 Å². The van der Waals surface area contributed by atoms with Crippen LogP contribution in [0.4, 0.5) is 21.8 Å². The fourth-order valence-corrected chi connectivity index (χ4v) is 2.47. The Labute approximate surface area is 129 Å². The van der Waals surface area contributed by atoms with Crippen LogP contribution in [0.5, 0.6) is 0 Å². The van der Waals surface area contributed by atoms with E-state index < -0.39 is 0 Å². The number of aromatic nitrogens is 2. The van der Waals surface area contributed by atoms with Crippen molar-refractivity contribution in [3.8, 4) is 0 Å². The van der Waals surface area contributed by atoms with Gasteiger partial charge in [0.2, 0.25) is 5.95 Å². The summed E-state index contributed by atoms with van der Waals surface area (Å²) < 4.78 is 13.6. The summed E-state index contributed by atoms with van der Waals surface area (Å²) in [4.78, 5) is 11.1. The van der Waals surface area contributed by atoms with Gasteiger partial charge < -0.3 is 10.2 Å². The molecule has 1 aliphatic rings. The van der Waals surface area contributed by atoms with E-state index in [-0.39, 0.29) is 5.82 Å². The van der Waals surface area contributed by atoms with Gasteiger partial charge in [-0.25, -0.2) is 9.37 Å². The zero-order chi connectivity index (χ0) is 15.5. The van der Waals surface area contributed by atoms with Gasteiger partial charge in [-0.1, -0.05) is 25.1 Å². The molecule has 1 aromatic carbocycles. The van der Waals surface area contributed by atoms with Crippen molar-refractivity contribution in [1.82, 2.24) is 9.97 Å². The Kier molecular flexibility index (Phi) is 4.04. The van der Waals surface area contributed by atoms with Crippen LogP contribution in [-0.4, -0.2) is 23.1 Å². The standard InChI is InChI=1S/C17H19FN4/c1-3-8-22-9-4-5-13-11-19-17(21-16(13)22)20-14-7-6-12(2)15(18)10-14/h4-7,10-11H,3,8-9H2,1-2H3,(H,19,20,21). The highest BCUT2D eigenvalue weighted by Crippen LogP contribution is 2.25. The maximum absolute atomic E-state index is 13.6. The molecule has 0 atom stereocenters. The molecule has 0 unspecified atom stereocenters. The minimum Gasteiger partial charge on any atom is -0.352 e. The number of hydrogen-bond acceptors (Lipinski definition) is 4. The minimum atomic E-state index is -0.237. The molecule has 0 fully saturated rings. The Morgan fingerprint density at radius 2 is 2.23 bits per heavy atom. The number of nitrogens with one attached hydrogen (secondary N) is 1. The minimum absolute atomic E-state index is 0.237. The second-order valence-corrected chi connectivity index (χ2v) is 5.41. The van der Waals surface area contributed by atoms with Crippen LogP contribution >= 0.6 is 0 Å². The Hall–Kier alpha value is -2.43.